The highest BCUT2D eigenvalue weighted by molar-refractivity contribution is 5.80. The molecule has 0 fully saturated rings. The van der Waals surface area contributed by atoms with E-state index in [9.17, 15) is 9.18 Å². The van der Waals surface area contributed by atoms with Gasteiger partial charge in [0.25, 0.3) is 0 Å². The normalized spacial score (nSPS) is 10.7. The van der Waals surface area contributed by atoms with Gasteiger partial charge in [0.15, 0.2) is 0 Å². The Kier molecular flexibility index (Phi) is 5.83. The third-order valence-electron chi connectivity index (χ3n) is 2.84. The van der Waals surface area contributed by atoms with Gasteiger partial charge >= 0.3 is 0 Å². The van der Waals surface area contributed by atoms with Gasteiger partial charge in [0, 0.05) is 12.3 Å². The molecule has 0 aromatic heterocycles. The van der Waals surface area contributed by atoms with Crippen molar-refractivity contribution < 1.29 is 13.9 Å². The molecule has 0 N–H and O–H groups in total. The predicted molar refractivity (Wildman–Crippen MR) is 70.4 cm³/mol. The van der Waals surface area contributed by atoms with Gasteiger partial charge in [0.2, 0.25) is 0 Å². The number of rotatable bonds is 7. The fourth-order valence-corrected chi connectivity index (χ4v) is 1.78. The van der Waals surface area contributed by atoms with Crippen LogP contribution in [0.15, 0.2) is 18.2 Å². The first-order valence-electron chi connectivity index (χ1n) is 6.48. The second kappa shape index (κ2) is 7.14. The van der Waals surface area contributed by atoms with Gasteiger partial charge in [0.1, 0.15) is 17.3 Å². The predicted octanol–water partition coefficient (Wildman–Crippen LogP) is 3.77. The van der Waals surface area contributed by atoms with E-state index in [0.29, 0.717) is 19.4 Å². The van der Waals surface area contributed by atoms with Crippen molar-refractivity contribution in [3.63, 3.8) is 0 Å². The molecular weight excluding hydrogens is 231 g/mol. The van der Waals surface area contributed by atoms with Crippen LogP contribution in [-0.2, 0) is 11.2 Å². The van der Waals surface area contributed by atoms with Crippen LogP contribution >= 0.6 is 0 Å². The van der Waals surface area contributed by atoms with Crippen molar-refractivity contribution in [3.8, 4) is 5.75 Å². The zero-order valence-electron chi connectivity index (χ0n) is 11.3. The lowest BCUT2D eigenvalue weighted by atomic mass is 10.0. The van der Waals surface area contributed by atoms with Crippen LogP contribution in [0, 0.1) is 11.7 Å². The first-order chi connectivity index (χ1) is 8.54. The second-order valence-electron chi connectivity index (χ2n) is 4.66. The van der Waals surface area contributed by atoms with Gasteiger partial charge in [-0.15, -0.1) is 0 Å². The summed E-state index contributed by atoms with van der Waals surface area (Å²) in [6.07, 6.45) is 1.95. The Morgan fingerprint density at radius 3 is 2.72 bits per heavy atom. The van der Waals surface area contributed by atoms with Crippen molar-refractivity contribution >= 4 is 5.78 Å². The van der Waals surface area contributed by atoms with Gasteiger partial charge in [-0.2, -0.15) is 0 Å². The van der Waals surface area contributed by atoms with Crippen LogP contribution in [-0.4, -0.2) is 12.4 Å². The number of Topliss-reactive ketones (excluding diaryl/α,β-unsaturated/α-hetero) is 1. The Hall–Kier alpha value is -1.38. The molecule has 0 aliphatic heterocycles. The van der Waals surface area contributed by atoms with Crippen LogP contribution in [0.2, 0.25) is 0 Å². The molecule has 0 heterocycles. The van der Waals surface area contributed by atoms with Gasteiger partial charge in [-0.3, -0.25) is 4.79 Å². The largest absolute Gasteiger partial charge is 0.494 e. The molecule has 0 atom stereocenters. The average Bonchev–Trinajstić information content (AvgIpc) is 2.32. The fraction of sp³-hybridized carbons (Fsp3) is 0.533. The van der Waals surface area contributed by atoms with Gasteiger partial charge < -0.3 is 4.74 Å². The topological polar surface area (TPSA) is 26.3 Å². The van der Waals surface area contributed by atoms with E-state index in [2.05, 4.69) is 0 Å². The van der Waals surface area contributed by atoms with E-state index in [1.54, 1.807) is 6.07 Å². The first-order valence-corrected chi connectivity index (χ1v) is 6.48. The van der Waals surface area contributed by atoms with E-state index in [0.717, 1.165) is 17.7 Å². The molecule has 0 radical (unpaired) electrons. The summed E-state index contributed by atoms with van der Waals surface area (Å²) in [6, 6.07) is 4.54. The summed E-state index contributed by atoms with van der Waals surface area (Å²) < 4.78 is 18.6. The summed E-state index contributed by atoms with van der Waals surface area (Å²) >= 11 is 0. The maximum atomic E-state index is 13.2. The number of carbonyl (C=O) groups is 1. The Morgan fingerprint density at radius 2 is 2.11 bits per heavy atom. The number of benzene rings is 1. The van der Waals surface area contributed by atoms with E-state index in [4.69, 9.17) is 4.74 Å². The molecule has 1 aromatic carbocycles. The molecule has 0 saturated carbocycles. The minimum absolute atomic E-state index is 0.0730. The van der Waals surface area contributed by atoms with Gasteiger partial charge in [-0.05, 0) is 43.5 Å². The molecule has 0 aliphatic carbocycles. The number of ether oxygens (including phenoxy) is 1. The molecule has 18 heavy (non-hydrogen) atoms. The van der Waals surface area contributed by atoms with Crippen molar-refractivity contribution in [3.05, 3.63) is 29.6 Å². The summed E-state index contributed by atoms with van der Waals surface area (Å²) in [6.45, 7) is 6.26. The fourth-order valence-electron chi connectivity index (χ4n) is 1.78. The third-order valence-corrected chi connectivity index (χ3v) is 2.84. The van der Waals surface area contributed by atoms with Gasteiger partial charge in [-0.25, -0.2) is 4.39 Å². The Bertz CT molecular complexity index is 399. The number of ketones is 1. The van der Waals surface area contributed by atoms with Crippen LogP contribution in [0.5, 0.6) is 5.75 Å². The lowest BCUT2D eigenvalue weighted by molar-refractivity contribution is -0.121. The standard InChI is InChI=1S/C15H21FO2/c1-4-18-15-9-8-13(16)10-12(15)6-5-7-14(17)11(2)3/h8-11H,4-7H2,1-3H3. The highest BCUT2D eigenvalue weighted by Gasteiger charge is 2.09. The first kappa shape index (κ1) is 14.7. The number of hydrogen-bond donors (Lipinski definition) is 0. The molecular formula is C15H21FO2. The maximum Gasteiger partial charge on any atom is 0.135 e. The highest BCUT2D eigenvalue weighted by atomic mass is 19.1. The zero-order valence-corrected chi connectivity index (χ0v) is 11.3. The number of carbonyl (C=O) groups excluding carboxylic acids is 1. The van der Waals surface area contributed by atoms with Crippen molar-refractivity contribution in [2.75, 3.05) is 6.61 Å². The lowest BCUT2D eigenvalue weighted by Gasteiger charge is -2.10. The molecule has 0 bridgehead atoms. The molecule has 1 aromatic rings. The van der Waals surface area contributed by atoms with Gasteiger partial charge in [-0.1, -0.05) is 13.8 Å². The third kappa shape index (κ3) is 4.47. The monoisotopic (exact) mass is 252 g/mol. The van der Waals surface area contributed by atoms with Crippen molar-refractivity contribution in [1.29, 1.82) is 0 Å². The Labute approximate surface area is 108 Å². The van der Waals surface area contributed by atoms with Crippen LogP contribution in [0.4, 0.5) is 4.39 Å². The van der Waals surface area contributed by atoms with Crippen LogP contribution in [0.25, 0.3) is 0 Å². The van der Waals surface area contributed by atoms with E-state index in [1.807, 2.05) is 20.8 Å². The maximum absolute atomic E-state index is 13.2. The molecule has 0 spiro atoms. The summed E-state index contributed by atoms with van der Waals surface area (Å²) in [5.74, 6) is 0.785. The molecule has 0 amide bonds. The van der Waals surface area contributed by atoms with Crippen molar-refractivity contribution in [2.45, 2.75) is 40.0 Å². The Morgan fingerprint density at radius 1 is 1.39 bits per heavy atom. The summed E-state index contributed by atoms with van der Waals surface area (Å²) in [5, 5.41) is 0. The minimum atomic E-state index is -0.261. The zero-order chi connectivity index (χ0) is 13.5. The Balaban J connectivity index is 2.60. The molecule has 0 unspecified atom stereocenters. The lowest BCUT2D eigenvalue weighted by Crippen LogP contribution is -2.07. The van der Waals surface area contributed by atoms with E-state index in [1.165, 1.54) is 12.1 Å². The smallest absolute Gasteiger partial charge is 0.135 e. The van der Waals surface area contributed by atoms with Crippen LogP contribution < -0.4 is 4.74 Å². The summed E-state index contributed by atoms with van der Waals surface area (Å²) in [7, 11) is 0. The SMILES string of the molecule is CCOc1ccc(F)cc1CCCC(=O)C(C)C. The molecule has 0 aliphatic rings. The van der Waals surface area contributed by atoms with E-state index >= 15 is 0 Å². The molecule has 1 rings (SSSR count). The quantitative estimate of drug-likeness (QED) is 0.738. The summed E-state index contributed by atoms with van der Waals surface area (Å²) in [4.78, 5) is 11.5. The number of aryl methyl sites for hydroxylation is 1. The van der Waals surface area contributed by atoms with Crippen molar-refractivity contribution in [2.24, 2.45) is 5.92 Å². The van der Waals surface area contributed by atoms with Gasteiger partial charge in [0.05, 0.1) is 6.61 Å². The van der Waals surface area contributed by atoms with Crippen molar-refractivity contribution in [1.82, 2.24) is 0 Å². The summed E-state index contributed by atoms with van der Waals surface area (Å²) in [5.41, 5.74) is 0.841. The number of hydrogen-bond acceptors (Lipinski definition) is 2. The average molecular weight is 252 g/mol. The highest BCUT2D eigenvalue weighted by Crippen LogP contribution is 2.22. The van der Waals surface area contributed by atoms with Crippen LogP contribution in [0.1, 0.15) is 39.2 Å². The van der Waals surface area contributed by atoms with E-state index < -0.39 is 0 Å². The number of halogens is 1. The minimum Gasteiger partial charge on any atom is -0.494 e. The second-order valence-corrected chi connectivity index (χ2v) is 4.66. The molecule has 2 nitrogen and oxygen atoms in total. The molecule has 100 valence electrons. The van der Waals surface area contributed by atoms with Crippen LogP contribution in [0.3, 0.4) is 0 Å². The molecule has 0 saturated heterocycles. The van der Waals surface area contributed by atoms with E-state index in [-0.39, 0.29) is 17.5 Å². The molecule has 3 heteroatoms.